The normalized spacial score (nSPS) is 8.75. The van der Waals surface area contributed by atoms with E-state index < -0.39 is 6.09 Å². The summed E-state index contributed by atoms with van der Waals surface area (Å²) in [6.45, 7) is 0.161. The highest BCUT2D eigenvalue weighted by Gasteiger charge is 2.07. The van der Waals surface area contributed by atoms with Crippen molar-refractivity contribution in [3.63, 3.8) is 0 Å². The minimum atomic E-state index is -0.515. The molecule has 0 aromatic carbocycles. The Balaban J connectivity index is 3.55. The minimum Gasteiger partial charge on any atom is -0.447 e. The van der Waals surface area contributed by atoms with Gasteiger partial charge in [-0.25, -0.2) is 4.79 Å². The second kappa shape index (κ2) is 6.43. The maximum atomic E-state index is 10.9. The third-order valence-corrected chi connectivity index (χ3v) is 1.19. The van der Waals surface area contributed by atoms with Crippen molar-refractivity contribution in [1.82, 2.24) is 4.90 Å². The first-order valence-corrected chi connectivity index (χ1v) is 3.58. The predicted molar refractivity (Wildman–Crippen MR) is 41.3 cm³/mol. The van der Waals surface area contributed by atoms with Crippen molar-refractivity contribution >= 4 is 6.09 Å². The third kappa shape index (κ3) is 4.52. The molecule has 1 amide bonds. The third-order valence-electron chi connectivity index (χ3n) is 1.19. The largest absolute Gasteiger partial charge is 0.447 e. The number of hydrogen-bond donors (Lipinski definition) is 1. The summed E-state index contributed by atoms with van der Waals surface area (Å²) in [7, 11) is 1.54. The Morgan fingerprint density at radius 1 is 1.75 bits per heavy atom. The standard InChI is InChI=1S/C7H12N2O3/c1-9(4-2-3-8)7(11)12-6-5-10/h10H,2,4-6H2,1H3. The molecule has 0 fully saturated rings. The van der Waals surface area contributed by atoms with Gasteiger partial charge in [-0.2, -0.15) is 5.26 Å². The van der Waals surface area contributed by atoms with E-state index in [0.717, 1.165) is 0 Å². The first-order chi connectivity index (χ1) is 5.72. The van der Waals surface area contributed by atoms with Gasteiger partial charge in [-0.1, -0.05) is 0 Å². The summed E-state index contributed by atoms with van der Waals surface area (Å²) < 4.78 is 4.58. The van der Waals surface area contributed by atoms with Crippen molar-refractivity contribution in [2.75, 3.05) is 26.8 Å². The van der Waals surface area contributed by atoms with Gasteiger partial charge in [0.1, 0.15) is 6.61 Å². The van der Waals surface area contributed by atoms with Gasteiger partial charge in [-0.15, -0.1) is 0 Å². The van der Waals surface area contributed by atoms with Gasteiger partial charge in [0, 0.05) is 13.6 Å². The van der Waals surface area contributed by atoms with E-state index in [0.29, 0.717) is 6.54 Å². The summed E-state index contributed by atoms with van der Waals surface area (Å²) in [6.07, 6.45) is -0.232. The number of aliphatic hydroxyl groups is 1. The number of rotatable bonds is 4. The molecule has 0 heterocycles. The molecular formula is C7H12N2O3. The molecule has 0 aromatic heterocycles. The van der Waals surface area contributed by atoms with Crippen LogP contribution in [0.25, 0.3) is 0 Å². The number of amides is 1. The van der Waals surface area contributed by atoms with E-state index in [1.165, 1.54) is 11.9 Å². The van der Waals surface area contributed by atoms with Crippen molar-refractivity contribution in [3.8, 4) is 6.07 Å². The highest BCUT2D eigenvalue weighted by Crippen LogP contribution is 1.91. The van der Waals surface area contributed by atoms with Gasteiger partial charge in [0.15, 0.2) is 0 Å². The molecule has 0 saturated heterocycles. The lowest BCUT2D eigenvalue weighted by Gasteiger charge is -2.14. The Hall–Kier alpha value is -1.28. The van der Waals surface area contributed by atoms with Crippen molar-refractivity contribution in [3.05, 3.63) is 0 Å². The van der Waals surface area contributed by atoms with Gasteiger partial charge in [0.25, 0.3) is 0 Å². The molecule has 68 valence electrons. The highest BCUT2D eigenvalue weighted by atomic mass is 16.6. The van der Waals surface area contributed by atoms with Crippen molar-refractivity contribution < 1.29 is 14.6 Å². The molecule has 0 bridgehead atoms. The second-order valence-corrected chi connectivity index (χ2v) is 2.17. The summed E-state index contributed by atoms with van der Waals surface area (Å²) in [4.78, 5) is 12.2. The summed E-state index contributed by atoms with van der Waals surface area (Å²) in [5, 5.41) is 16.5. The number of carbonyl (C=O) groups is 1. The number of aliphatic hydroxyl groups excluding tert-OH is 1. The van der Waals surface area contributed by atoms with E-state index in [1.807, 2.05) is 6.07 Å². The van der Waals surface area contributed by atoms with E-state index >= 15 is 0 Å². The number of carbonyl (C=O) groups excluding carboxylic acids is 1. The predicted octanol–water partition coefficient (Wildman–Crippen LogP) is -0.0392. The lowest BCUT2D eigenvalue weighted by Crippen LogP contribution is -2.29. The number of nitrogens with zero attached hydrogens (tertiary/aromatic N) is 2. The summed E-state index contributed by atoms with van der Waals surface area (Å²) >= 11 is 0. The van der Waals surface area contributed by atoms with Crippen LogP contribution < -0.4 is 0 Å². The monoisotopic (exact) mass is 172 g/mol. The maximum Gasteiger partial charge on any atom is 0.409 e. The Morgan fingerprint density at radius 2 is 2.42 bits per heavy atom. The molecule has 5 heteroatoms. The number of ether oxygens (including phenoxy) is 1. The molecule has 12 heavy (non-hydrogen) atoms. The first-order valence-electron chi connectivity index (χ1n) is 3.58. The Kier molecular flexibility index (Phi) is 5.75. The van der Waals surface area contributed by atoms with Gasteiger partial charge in [-0.3, -0.25) is 0 Å². The van der Waals surface area contributed by atoms with E-state index in [1.54, 1.807) is 0 Å². The van der Waals surface area contributed by atoms with Crippen LogP contribution in [0.2, 0.25) is 0 Å². The Bertz CT molecular complexity index is 176. The first kappa shape index (κ1) is 10.7. The fraction of sp³-hybridized carbons (Fsp3) is 0.714. The van der Waals surface area contributed by atoms with E-state index in [-0.39, 0.29) is 19.6 Å². The van der Waals surface area contributed by atoms with Crippen LogP contribution in [0, 0.1) is 11.3 Å². The lowest BCUT2D eigenvalue weighted by atomic mass is 10.4. The SMILES string of the molecule is CN(CCC#N)C(=O)OCCO. The summed E-state index contributed by atoms with van der Waals surface area (Å²) in [6, 6.07) is 1.91. The topological polar surface area (TPSA) is 73.6 Å². The fourth-order valence-corrected chi connectivity index (χ4v) is 0.552. The molecule has 0 aliphatic heterocycles. The van der Waals surface area contributed by atoms with Crippen LogP contribution in [-0.2, 0) is 4.74 Å². The average Bonchev–Trinajstić information content (AvgIpc) is 2.10. The zero-order valence-corrected chi connectivity index (χ0v) is 6.99. The van der Waals surface area contributed by atoms with Crippen LogP contribution in [0.1, 0.15) is 6.42 Å². The number of hydrogen-bond acceptors (Lipinski definition) is 4. The zero-order valence-electron chi connectivity index (χ0n) is 6.99. The molecule has 0 aromatic rings. The Morgan fingerprint density at radius 3 is 2.92 bits per heavy atom. The maximum absolute atomic E-state index is 10.9. The van der Waals surface area contributed by atoms with Crippen molar-refractivity contribution in [2.24, 2.45) is 0 Å². The molecule has 0 aliphatic rings. The second-order valence-electron chi connectivity index (χ2n) is 2.17. The molecule has 5 nitrogen and oxygen atoms in total. The minimum absolute atomic E-state index is 0.00424. The highest BCUT2D eigenvalue weighted by molar-refractivity contribution is 5.67. The summed E-state index contributed by atoms with van der Waals surface area (Å²) in [5.41, 5.74) is 0. The average molecular weight is 172 g/mol. The molecule has 0 saturated carbocycles. The van der Waals surface area contributed by atoms with Gasteiger partial charge in [0.05, 0.1) is 19.1 Å². The fourth-order valence-electron chi connectivity index (χ4n) is 0.552. The van der Waals surface area contributed by atoms with Gasteiger partial charge in [0.2, 0.25) is 0 Å². The van der Waals surface area contributed by atoms with Crippen LogP contribution in [0.3, 0.4) is 0 Å². The quantitative estimate of drug-likeness (QED) is 0.645. The van der Waals surface area contributed by atoms with E-state index in [4.69, 9.17) is 10.4 Å². The van der Waals surface area contributed by atoms with E-state index in [2.05, 4.69) is 4.74 Å². The molecule has 1 N–H and O–H groups in total. The van der Waals surface area contributed by atoms with Gasteiger partial charge < -0.3 is 14.7 Å². The zero-order chi connectivity index (χ0) is 9.40. The van der Waals surface area contributed by atoms with Crippen LogP contribution >= 0.6 is 0 Å². The van der Waals surface area contributed by atoms with Crippen LogP contribution in [0.15, 0.2) is 0 Å². The Labute approximate surface area is 71.2 Å². The van der Waals surface area contributed by atoms with Crippen molar-refractivity contribution in [2.45, 2.75) is 6.42 Å². The smallest absolute Gasteiger partial charge is 0.409 e. The molecule has 0 unspecified atom stereocenters. The lowest BCUT2D eigenvalue weighted by molar-refractivity contribution is 0.0916. The van der Waals surface area contributed by atoms with Gasteiger partial charge in [-0.05, 0) is 0 Å². The van der Waals surface area contributed by atoms with Crippen LogP contribution in [0.5, 0.6) is 0 Å². The van der Waals surface area contributed by atoms with E-state index in [9.17, 15) is 4.79 Å². The van der Waals surface area contributed by atoms with Gasteiger partial charge >= 0.3 is 6.09 Å². The molecule has 0 radical (unpaired) electrons. The molecular weight excluding hydrogens is 160 g/mol. The summed E-state index contributed by atoms with van der Waals surface area (Å²) in [5.74, 6) is 0. The number of nitriles is 1. The molecule has 0 aliphatic carbocycles. The molecule has 0 atom stereocenters. The van der Waals surface area contributed by atoms with Crippen LogP contribution in [0.4, 0.5) is 4.79 Å². The van der Waals surface area contributed by atoms with Crippen LogP contribution in [-0.4, -0.2) is 42.9 Å². The molecule has 0 rings (SSSR count). The van der Waals surface area contributed by atoms with Crippen molar-refractivity contribution in [1.29, 1.82) is 5.26 Å². The molecule has 0 spiro atoms.